The number of amides is 1. The van der Waals surface area contributed by atoms with Crippen molar-refractivity contribution in [2.75, 3.05) is 5.32 Å². The molecule has 1 aliphatic rings. The van der Waals surface area contributed by atoms with Crippen molar-refractivity contribution >= 4 is 29.2 Å². The van der Waals surface area contributed by atoms with Crippen LogP contribution in [0.4, 0.5) is 10.1 Å². The number of nitrogens with one attached hydrogen (secondary N) is 1. The summed E-state index contributed by atoms with van der Waals surface area (Å²) in [6.45, 7) is 1.50. The van der Waals surface area contributed by atoms with E-state index in [1.807, 2.05) is 0 Å². The maximum absolute atomic E-state index is 12.9. The van der Waals surface area contributed by atoms with Crippen LogP contribution in [0.3, 0.4) is 0 Å². The van der Waals surface area contributed by atoms with E-state index in [4.69, 9.17) is 16.3 Å². The van der Waals surface area contributed by atoms with Crippen molar-refractivity contribution in [3.8, 4) is 0 Å². The van der Waals surface area contributed by atoms with E-state index in [-0.39, 0.29) is 22.6 Å². The number of halogens is 2. The van der Waals surface area contributed by atoms with Crippen LogP contribution < -0.4 is 5.32 Å². The van der Waals surface area contributed by atoms with Crippen molar-refractivity contribution in [3.05, 3.63) is 29.0 Å². The standard InChI is InChI=1S/C15H17ClFNO3/c1-9(21-15(20)10-4-2-3-5-10)14(19)18-13-7-6-11(17)8-12(13)16/h6-10H,2-5H2,1H3,(H,18,19)/t9-/m0/s1. The summed E-state index contributed by atoms with van der Waals surface area (Å²) in [5, 5.41) is 2.61. The van der Waals surface area contributed by atoms with Gasteiger partial charge in [0.1, 0.15) is 5.82 Å². The summed E-state index contributed by atoms with van der Waals surface area (Å²) in [5.41, 5.74) is 0.284. The lowest BCUT2D eigenvalue weighted by atomic mass is 10.1. The Morgan fingerprint density at radius 1 is 1.38 bits per heavy atom. The van der Waals surface area contributed by atoms with E-state index in [9.17, 15) is 14.0 Å². The normalized spacial score (nSPS) is 16.5. The number of ether oxygens (including phenoxy) is 1. The van der Waals surface area contributed by atoms with Gasteiger partial charge in [0.15, 0.2) is 6.10 Å². The summed E-state index contributed by atoms with van der Waals surface area (Å²) in [4.78, 5) is 23.8. The Hall–Kier alpha value is -1.62. The highest BCUT2D eigenvalue weighted by Crippen LogP contribution is 2.26. The predicted octanol–water partition coefficient (Wildman–Crippen LogP) is 3.54. The second kappa shape index (κ2) is 6.89. The molecule has 1 N–H and O–H groups in total. The van der Waals surface area contributed by atoms with Gasteiger partial charge in [-0.15, -0.1) is 0 Å². The molecule has 1 aromatic carbocycles. The van der Waals surface area contributed by atoms with Crippen molar-refractivity contribution in [2.45, 2.75) is 38.7 Å². The molecule has 1 amide bonds. The smallest absolute Gasteiger partial charge is 0.309 e. The minimum absolute atomic E-state index is 0.0951. The van der Waals surface area contributed by atoms with Crippen LogP contribution >= 0.6 is 11.6 Å². The molecule has 2 rings (SSSR count). The van der Waals surface area contributed by atoms with Crippen LogP contribution in [0.15, 0.2) is 18.2 Å². The first-order valence-corrected chi connectivity index (χ1v) is 7.31. The van der Waals surface area contributed by atoms with E-state index in [0.29, 0.717) is 0 Å². The fourth-order valence-electron chi connectivity index (χ4n) is 2.31. The molecule has 1 aromatic rings. The highest BCUT2D eigenvalue weighted by molar-refractivity contribution is 6.33. The molecule has 0 radical (unpaired) electrons. The lowest BCUT2D eigenvalue weighted by molar-refractivity contribution is -0.157. The molecule has 1 saturated carbocycles. The van der Waals surface area contributed by atoms with Crippen LogP contribution in [0.2, 0.25) is 5.02 Å². The lowest BCUT2D eigenvalue weighted by Crippen LogP contribution is -2.31. The van der Waals surface area contributed by atoms with E-state index in [1.54, 1.807) is 0 Å². The summed E-state index contributed by atoms with van der Waals surface area (Å²) in [6.07, 6.45) is 2.75. The number of carbonyl (C=O) groups is 2. The number of hydrogen-bond acceptors (Lipinski definition) is 3. The van der Waals surface area contributed by atoms with Gasteiger partial charge in [0.2, 0.25) is 0 Å². The number of anilines is 1. The number of esters is 1. The summed E-state index contributed by atoms with van der Waals surface area (Å²) >= 11 is 5.83. The summed E-state index contributed by atoms with van der Waals surface area (Å²) in [6, 6.07) is 3.66. The number of carbonyl (C=O) groups excluding carboxylic acids is 2. The number of rotatable bonds is 4. The summed E-state index contributed by atoms with van der Waals surface area (Å²) in [7, 11) is 0. The fourth-order valence-corrected chi connectivity index (χ4v) is 2.53. The van der Waals surface area contributed by atoms with Gasteiger partial charge in [0, 0.05) is 0 Å². The van der Waals surface area contributed by atoms with E-state index in [0.717, 1.165) is 31.7 Å². The maximum Gasteiger partial charge on any atom is 0.309 e. The highest BCUT2D eigenvalue weighted by Gasteiger charge is 2.27. The van der Waals surface area contributed by atoms with Crippen molar-refractivity contribution in [1.82, 2.24) is 0 Å². The van der Waals surface area contributed by atoms with Gasteiger partial charge >= 0.3 is 5.97 Å². The zero-order valence-electron chi connectivity index (χ0n) is 11.7. The van der Waals surface area contributed by atoms with Gasteiger partial charge in [-0.05, 0) is 38.0 Å². The van der Waals surface area contributed by atoms with Crippen molar-refractivity contribution in [2.24, 2.45) is 5.92 Å². The summed E-state index contributed by atoms with van der Waals surface area (Å²) < 4.78 is 18.1. The first-order valence-electron chi connectivity index (χ1n) is 6.94. The van der Waals surface area contributed by atoms with Gasteiger partial charge in [-0.3, -0.25) is 9.59 Å². The van der Waals surface area contributed by atoms with Gasteiger partial charge in [-0.2, -0.15) is 0 Å². The molecule has 0 aromatic heterocycles. The van der Waals surface area contributed by atoms with E-state index in [1.165, 1.54) is 19.1 Å². The van der Waals surface area contributed by atoms with Crippen LogP contribution in [0, 0.1) is 11.7 Å². The Balaban J connectivity index is 1.91. The van der Waals surface area contributed by atoms with Gasteiger partial charge in [0.05, 0.1) is 16.6 Å². The molecule has 4 nitrogen and oxygen atoms in total. The van der Waals surface area contributed by atoms with Crippen molar-refractivity contribution in [3.63, 3.8) is 0 Å². The molecule has 0 bridgehead atoms. The average molecular weight is 314 g/mol. The lowest BCUT2D eigenvalue weighted by Gasteiger charge is -2.16. The first-order chi connectivity index (χ1) is 9.97. The molecule has 6 heteroatoms. The van der Waals surface area contributed by atoms with E-state index < -0.39 is 17.8 Å². The van der Waals surface area contributed by atoms with Gasteiger partial charge in [-0.1, -0.05) is 24.4 Å². The summed E-state index contributed by atoms with van der Waals surface area (Å²) in [5.74, 6) is -1.41. The molecule has 1 aliphatic carbocycles. The third-order valence-corrected chi connectivity index (χ3v) is 3.85. The van der Waals surface area contributed by atoms with Crippen LogP contribution in [0.25, 0.3) is 0 Å². The molecule has 0 saturated heterocycles. The molecule has 21 heavy (non-hydrogen) atoms. The third-order valence-electron chi connectivity index (χ3n) is 3.54. The molecule has 0 unspecified atom stereocenters. The molecular weight excluding hydrogens is 297 g/mol. The third kappa shape index (κ3) is 4.17. The van der Waals surface area contributed by atoms with E-state index >= 15 is 0 Å². The molecular formula is C15H17ClFNO3. The Morgan fingerprint density at radius 2 is 2.05 bits per heavy atom. The quantitative estimate of drug-likeness (QED) is 0.865. The van der Waals surface area contributed by atoms with Crippen LogP contribution in [-0.2, 0) is 14.3 Å². The minimum Gasteiger partial charge on any atom is -0.452 e. The second-order valence-electron chi connectivity index (χ2n) is 5.17. The molecule has 0 spiro atoms. The Morgan fingerprint density at radius 3 is 2.67 bits per heavy atom. The first kappa shape index (κ1) is 15.8. The fraction of sp³-hybridized carbons (Fsp3) is 0.467. The zero-order chi connectivity index (χ0) is 15.4. The molecule has 0 aliphatic heterocycles. The van der Waals surface area contributed by atoms with Crippen molar-refractivity contribution in [1.29, 1.82) is 0 Å². The molecule has 114 valence electrons. The van der Waals surface area contributed by atoms with Gasteiger partial charge < -0.3 is 10.1 Å². The largest absolute Gasteiger partial charge is 0.452 e. The topological polar surface area (TPSA) is 55.4 Å². The monoisotopic (exact) mass is 313 g/mol. The van der Waals surface area contributed by atoms with Crippen molar-refractivity contribution < 1.29 is 18.7 Å². The minimum atomic E-state index is -0.917. The van der Waals surface area contributed by atoms with Gasteiger partial charge in [0.25, 0.3) is 5.91 Å². The second-order valence-corrected chi connectivity index (χ2v) is 5.58. The highest BCUT2D eigenvalue weighted by atomic mass is 35.5. The molecule has 0 heterocycles. The SMILES string of the molecule is C[C@H](OC(=O)C1CCCC1)C(=O)Nc1ccc(F)cc1Cl. The zero-order valence-corrected chi connectivity index (χ0v) is 12.5. The Bertz CT molecular complexity index is 544. The maximum atomic E-state index is 12.9. The number of benzene rings is 1. The Labute approximate surface area is 127 Å². The van der Waals surface area contributed by atoms with Gasteiger partial charge in [-0.25, -0.2) is 4.39 Å². The molecule has 1 fully saturated rings. The predicted molar refractivity (Wildman–Crippen MR) is 77.6 cm³/mol. The Kier molecular flexibility index (Phi) is 5.17. The molecule has 1 atom stereocenters. The van der Waals surface area contributed by atoms with Crippen LogP contribution in [0.1, 0.15) is 32.6 Å². The number of hydrogen-bond donors (Lipinski definition) is 1. The average Bonchev–Trinajstić information content (AvgIpc) is 2.95. The van der Waals surface area contributed by atoms with E-state index in [2.05, 4.69) is 5.32 Å². The van der Waals surface area contributed by atoms with Crippen LogP contribution in [0.5, 0.6) is 0 Å². The van der Waals surface area contributed by atoms with Crippen LogP contribution in [-0.4, -0.2) is 18.0 Å².